The Hall–Kier alpha value is -3.42. The first-order chi connectivity index (χ1) is 15.7. The molecule has 0 saturated carbocycles. The van der Waals surface area contributed by atoms with Gasteiger partial charge < -0.3 is 19.8 Å². The summed E-state index contributed by atoms with van der Waals surface area (Å²) in [4.78, 5) is 27.9. The van der Waals surface area contributed by atoms with Gasteiger partial charge in [0, 0.05) is 31.7 Å². The number of hydrogen-bond donors (Lipinski definition) is 2. The zero-order valence-electron chi connectivity index (χ0n) is 17.8. The standard InChI is InChI=1S/C25H27N3O4/c29-24(26-21-10-8-20(9-11-21)18-28-12-15-31-16-13-28)22(17-19-5-2-1-3-6-19)27-25(30)23-7-4-14-32-23/h1-11,14,22H,12-13,15-18H2,(H,26,29)(H,27,30). The monoisotopic (exact) mass is 433 g/mol. The van der Waals surface area contributed by atoms with E-state index in [1.54, 1.807) is 12.1 Å². The van der Waals surface area contributed by atoms with Gasteiger partial charge in [0.15, 0.2) is 5.76 Å². The number of carbonyl (C=O) groups excluding carboxylic acids is 2. The summed E-state index contributed by atoms with van der Waals surface area (Å²) in [6.07, 6.45) is 1.80. The molecule has 1 atom stereocenters. The van der Waals surface area contributed by atoms with Crippen molar-refractivity contribution >= 4 is 17.5 Å². The molecule has 0 radical (unpaired) electrons. The maximum atomic E-state index is 13.0. The lowest BCUT2D eigenvalue weighted by Gasteiger charge is -2.26. The number of rotatable bonds is 8. The fourth-order valence-corrected chi connectivity index (χ4v) is 3.64. The molecule has 0 spiro atoms. The van der Waals surface area contributed by atoms with Crippen LogP contribution in [-0.2, 0) is 22.5 Å². The molecule has 2 amide bonds. The Labute approximate surface area is 187 Å². The summed E-state index contributed by atoms with van der Waals surface area (Å²) in [6, 6.07) is 19.9. The van der Waals surface area contributed by atoms with Crippen LogP contribution in [0.15, 0.2) is 77.4 Å². The van der Waals surface area contributed by atoms with Crippen molar-refractivity contribution in [2.45, 2.75) is 19.0 Å². The van der Waals surface area contributed by atoms with Gasteiger partial charge in [-0.2, -0.15) is 0 Å². The highest BCUT2D eigenvalue weighted by Gasteiger charge is 2.23. The van der Waals surface area contributed by atoms with Crippen LogP contribution in [0.4, 0.5) is 5.69 Å². The molecule has 32 heavy (non-hydrogen) atoms. The third-order valence-corrected chi connectivity index (χ3v) is 5.38. The predicted octanol–water partition coefficient (Wildman–Crippen LogP) is 3.09. The van der Waals surface area contributed by atoms with Crippen LogP contribution >= 0.6 is 0 Å². The quantitative estimate of drug-likeness (QED) is 0.570. The van der Waals surface area contributed by atoms with Crippen molar-refractivity contribution in [3.63, 3.8) is 0 Å². The van der Waals surface area contributed by atoms with E-state index in [1.165, 1.54) is 11.8 Å². The Morgan fingerprint density at radius 1 is 0.906 bits per heavy atom. The minimum Gasteiger partial charge on any atom is -0.459 e. The third-order valence-electron chi connectivity index (χ3n) is 5.38. The summed E-state index contributed by atoms with van der Waals surface area (Å²) in [7, 11) is 0. The van der Waals surface area contributed by atoms with E-state index in [-0.39, 0.29) is 11.7 Å². The van der Waals surface area contributed by atoms with Gasteiger partial charge in [0.05, 0.1) is 19.5 Å². The molecular weight excluding hydrogens is 406 g/mol. The molecule has 1 aliphatic rings. The second-order valence-electron chi connectivity index (χ2n) is 7.77. The van der Waals surface area contributed by atoms with Crippen molar-refractivity contribution in [3.05, 3.63) is 89.9 Å². The summed E-state index contributed by atoms with van der Waals surface area (Å²) < 4.78 is 10.6. The highest BCUT2D eigenvalue weighted by atomic mass is 16.5. The summed E-state index contributed by atoms with van der Waals surface area (Å²) in [5, 5.41) is 5.72. The normalized spacial score (nSPS) is 15.1. The van der Waals surface area contributed by atoms with E-state index in [1.807, 2.05) is 54.6 Å². The van der Waals surface area contributed by atoms with Gasteiger partial charge in [-0.05, 0) is 35.4 Å². The lowest BCUT2D eigenvalue weighted by molar-refractivity contribution is -0.118. The molecular formula is C25H27N3O4. The minimum absolute atomic E-state index is 0.170. The molecule has 1 aromatic heterocycles. The second kappa shape index (κ2) is 10.7. The van der Waals surface area contributed by atoms with Gasteiger partial charge in [-0.3, -0.25) is 14.5 Å². The molecule has 4 rings (SSSR count). The van der Waals surface area contributed by atoms with Gasteiger partial charge in [-0.25, -0.2) is 0 Å². The second-order valence-corrected chi connectivity index (χ2v) is 7.77. The Bertz CT molecular complexity index is 997. The number of morpholine rings is 1. The van der Waals surface area contributed by atoms with Gasteiger partial charge in [-0.15, -0.1) is 0 Å². The summed E-state index contributed by atoms with van der Waals surface area (Å²) in [5.41, 5.74) is 2.82. The van der Waals surface area contributed by atoms with E-state index in [4.69, 9.17) is 9.15 Å². The van der Waals surface area contributed by atoms with Gasteiger partial charge in [0.2, 0.25) is 5.91 Å². The number of nitrogens with zero attached hydrogens (tertiary/aromatic N) is 1. The fraction of sp³-hybridized carbons (Fsp3) is 0.280. The average Bonchev–Trinajstić information content (AvgIpc) is 3.36. The molecule has 0 aliphatic carbocycles. The van der Waals surface area contributed by atoms with Gasteiger partial charge in [0.1, 0.15) is 6.04 Å². The summed E-state index contributed by atoms with van der Waals surface area (Å²) in [5.74, 6) is -0.537. The first-order valence-electron chi connectivity index (χ1n) is 10.8. The average molecular weight is 434 g/mol. The van der Waals surface area contributed by atoms with Crippen molar-refractivity contribution in [1.29, 1.82) is 0 Å². The minimum atomic E-state index is -0.747. The van der Waals surface area contributed by atoms with Gasteiger partial charge in [-0.1, -0.05) is 42.5 Å². The zero-order chi connectivity index (χ0) is 22.2. The predicted molar refractivity (Wildman–Crippen MR) is 121 cm³/mol. The van der Waals surface area contributed by atoms with Crippen LogP contribution in [0, 0.1) is 0 Å². The number of furan rings is 1. The van der Waals surface area contributed by atoms with Crippen LogP contribution in [0.2, 0.25) is 0 Å². The molecule has 166 valence electrons. The number of benzene rings is 2. The Morgan fingerprint density at radius 3 is 2.34 bits per heavy atom. The molecule has 2 heterocycles. The SMILES string of the molecule is O=C(NC(Cc1ccccc1)C(=O)Nc1ccc(CN2CCOCC2)cc1)c1ccco1. The van der Waals surface area contributed by atoms with E-state index in [0.717, 1.165) is 38.4 Å². The first kappa shape index (κ1) is 21.8. The molecule has 1 aliphatic heterocycles. The molecule has 3 aromatic rings. The maximum absolute atomic E-state index is 13.0. The summed E-state index contributed by atoms with van der Waals surface area (Å²) >= 11 is 0. The molecule has 2 N–H and O–H groups in total. The van der Waals surface area contributed by atoms with Crippen molar-refractivity contribution in [2.24, 2.45) is 0 Å². The number of hydrogen-bond acceptors (Lipinski definition) is 5. The number of amides is 2. The van der Waals surface area contributed by atoms with Crippen LogP contribution in [0.5, 0.6) is 0 Å². The lowest BCUT2D eigenvalue weighted by atomic mass is 10.0. The Balaban J connectivity index is 1.41. The van der Waals surface area contributed by atoms with E-state index >= 15 is 0 Å². The van der Waals surface area contributed by atoms with Crippen molar-refractivity contribution in [3.8, 4) is 0 Å². The Kier molecular flexibility index (Phi) is 7.32. The van der Waals surface area contributed by atoms with E-state index in [0.29, 0.717) is 12.1 Å². The number of nitrogens with one attached hydrogen (secondary N) is 2. The zero-order valence-corrected chi connectivity index (χ0v) is 17.8. The van der Waals surface area contributed by atoms with Crippen molar-refractivity contribution in [1.82, 2.24) is 10.2 Å². The Morgan fingerprint density at radius 2 is 1.66 bits per heavy atom. The van der Waals surface area contributed by atoms with E-state index < -0.39 is 11.9 Å². The fourth-order valence-electron chi connectivity index (χ4n) is 3.64. The highest BCUT2D eigenvalue weighted by Crippen LogP contribution is 2.14. The van der Waals surface area contributed by atoms with Gasteiger partial charge >= 0.3 is 0 Å². The molecule has 1 saturated heterocycles. The third kappa shape index (κ3) is 6.06. The van der Waals surface area contributed by atoms with Gasteiger partial charge in [0.25, 0.3) is 5.91 Å². The first-order valence-corrected chi connectivity index (χ1v) is 10.8. The van der Waals surface area contributed by atoms with Crippen LogP contribution in [0.3, 0.4) is 0 Å². The molecule has 0 bridgehead atoms. The number of anilines is 1. The maximum Gasteiger partial charge on any atom is 0.287 e. The number of ether oxygens (including phenoxy) is 1. The summed E-state index contributed by atoms with van der Waals surface area (Å²) in [6.45, 7) is 4.23. The van der Waals surface area contributed by atoms with Crippen LogP contribution in [-0.4, -0.2) is 49.1 Å². The molecule has 1 unspecified atom stereocenters. The van der Waals surface area contributed by atoms with Crippen molar-refractivity contribution < 1.29 is 18.7 Å². The number of carbonyl (C=O) groups is 2. The highest BCUT2D eigenvalue weighted by molar-refractivity contribution is 6.00. The molecule has 2 aromatic carbocycles. The molecule has 7 nitrogen and oxygen atoms in total. The molecule has 7 heteroatoms. The van der Waals surface area contributed by atoms with Crippen LogP contribution < -0.4 is 10.6 Å². The topological polar surface area (TPSA) is 83.8 Å². The van der Waals surface area contributed by atoms with Crippen LogP contribution in [0.25, 0.3) is 0 Å². The largest absolute Gasteiger partial charge is 0.459 e. The van der Waals surface area contributed by atoms with Crippen molar-refractivity contribution in [2.75, 3.05) is 31.6 Å². The van der Waals surface area contributed by atoms with E-state index in [9.17, 15) is 9.59 Å². The molecule has 1 fully saturated rings. The van der Waals surface area contributed by atoms with Crippen LogP contribution in [0.1, 0.15) is 21.7 Å². The lowest BCUT2D eigenvalue weighted by Crippen LogP contribution is -2.45. The smallest absolute Gasteiger partial charge is 0.287 e. The van der Waals surface area contributed by atoms with E-state index in [2.05, 4.69) is 15.5 Å².